The summed E-state index contributed by atoms with van der Waals surface area (Å²) in [6, 6.07) is 9.03. The quantitative estimate of drug-likeness (QED) is 0.925. The van der Waals surface area contributed by atoms with Crippen LogP contribution in [0.3, 0.4) is 0 Å². The normalized spacial score (nSPS) is 10.3. The van der Waals surface area contributed by atoms with Gasteiger partial charge in [-0.25, -0.2) is 9.18 Å². The van der Waals surface area contributed by atoms with Crippen LogP contribution in [0, 0.1) is 12.7 Å². The van der Waals surface area contributed by atoms with Crippen LogP contribution in [0.5, 0.6) is 5.75 Å². The van der Waals surface area contributed by atoms with Crippen LogP contribution in [-0.2, 0) is 6.61 Å². The van der Waals surface area contributed by atoms with Crippen molar-refractivity contribution < 1.29 is 19.0 Å². The maximum absolute atomic E-state index is 13.3. The summed E-state index contributed by atoms with van der Waals surface area (Å²) in [5.74, 6) is -0.921. The molecule has 5 heteroatoms. The van der Waals surface area contributed by atoms with Crippen LogP contribution in [0.15, 0.2) is 36.4 Å². The van der Waals surface area contributed by atoms with Gasteiger partial charge in [-0.1, -0.05) is 17.7 Å². The van der Waals surface area contributed by atoms with E-state index in [1.165, 1.54) is 24.3 Å². The summed E-state index contributed by atoms with van der Waals surface area (Å²) in [4.78, 5) is 10.8. The third-order valence-corrected chi connectivity index (χ3v) is 3.11. The predicted octanol–water partition coefficient (Wildman–Crippen LogP) is 4.06. The lowest BCUT2D eigenvalue weighted by Crippen LogP contribution is -2.00. The fraction of sp³-hybridized carbons (Fsp3) is 0.133. The summed E-state index contributed by atoms with van der Waals surface area (Å²) in [5.41, 5.74) is 1.56. The minimum absolute atomic E-state index is 0.0655. The first-order valence-electron chi connectivity index (χ1n) is 5.88. The van der Waals surface area contributed by atoms with Gasteiger partial charge >= 0.3 is 5.97 Å². The molecular formula is C15H12ClFO3. The molecule has 0 saturated carbocycles. The predicted molar refractivity (Wildman–Crippen MR) is 73.9 cm³/mol. The van der Waals surface area contributed by atoms with Crippen LogP contribution < -0.4 is 4.74 Å². The Labute approximate surface area is 120 Å². The summed E-state index contributed by atoms with van der Waals surface area (Å²) in [5, 5.41) is 8.94. The summed E-state index contributed by atoms with van der Waals surface area (Å²) in [7, 11) is 0. The van der Waals surface area contributed by atoms with Gasteiger partial charge in [-0.15, -0.1) is 0 Å². The largest absolute Gasteiger partial charge is 0.489 e. The molecule has 2 aromatic carbocycles. The average Bonchev–Trinajstić information content (AvgIpc) is 2.41. The van der Waals surface area contributed by atoms with Gasteiger partial charge in [0.15, 0.2) is 0 Å². The van der Waals surface area contributed by atoms with E-state index in [0.29, 0.717) is 16.9 Å². The van der Waals surface area contributed by atoms with Crippen molar-refractivity contribution in [3.63, 3.8) is 0 Å². The number of carboxylic acid groups (broad SMARTS) is 1. The van der Waals surface area contributed by atoms with Crippen molar-refractivity contribution in [3.05, 3.63) is 63.9 Å². The molecule has 0 bridgehead atoms. The molecule has 0 aliphatic rings. The van der Waals surface area contributed by atoms with Gasteiger partial charge in [0, 0.05) is 0 Å². The van der Waals surface area contributed by atoms with Crippen LogP contribution in [-0.4, -0.2) is 11.1 Å². The Hall–Kier alpha value is -2.07. The second-order valence-electron chi connectivity index (χ2n) is 4.32. The van der Waals surface area contributed by atoms with Crippen LogP contribution >= 0.6 is 11.6 Å². The summed E-state index contributed by atoms with van der Waals surface area (Å²) >= 11 is 5.60. The number of aryl methyl sites for hydroxylation is 1. The zero-order chi connectivity index (χ0) is 14.7. The molecule has 0 aliphatic carbocycles. The number of ether oxygens (including phenoxy) is 1. The Morgan fingerprint density at radius 3 is 2.65 bits per heavy atom. The third-order valence-electron chi connectivity index (χ3n) is 2.80. The van der Waals surface area contributed by atoms with Crippen molar-refractivity contribution in [2.45, 2.75) is 13.5 Å². The summed E-state index contributed by atoms with van der Waals surface area (Å²) in [6.07, 6.45) is 0. The van der Waals surface area contributed by atoms with Crippen molar-refractivity contribution in [1.82, 2.24) is 0 Å². The fourth-order valence-electron chi connectivity index (χ4n) is 1.73. The van der Waals surface area contributed by atoms with Crippen LogP contribution in [0.1, 0.15) is 21.5 Å². The third kappa shape index (κ3) is 3.27. The van der Waals surface area contributed by atoms with Crippen molar-refractivity contribution >= 4 is 17.6 Å². The van der Waals surface area contributed by atoms with Gasteiger partial charge in [0.1, 0.15) is 18.2 Å². The molecule has 1 N–H and O–H groups in total. The van der Waals surface area contributed by atoms with E-state index in [9.17, 15) is 9.18 Å². The highest BCUT2D eigenvalue weighted by Gasteiger charge is 2.07. The second-order valence-corrected chi connectivity index (χ2v) is 4.73. The van der Waals surface area contributed by atoms with Gasteiger partial charge < -0.3 is 9.84 Å². The lowest BCUT2D eigenvalue weighted by atomic mass is 10.1. The number of carbonyl (C=O) groups is 1. The Kier molecular flexibility index (Phi) is 4.25. The zero-order valence-corrected chi connectivity index (χ0v) is 11.4. The first-order valence-corrected chi connectivity index (χ1v) is 6.26. The van der Waals surface area contributed by atoms with E-state index in [0.717, 1.165) is 0 Å². The first-order chi connectivity index (χ1) is 9.47. The van der Waals surface area contributed by atoms with Gasteiger partial charge in [-0.05, 0) is 48.4 Å². The molecule has 0 radical (unpaired) electrons. The van der Waals surface area contributed by atoms with Crippen molar-refractivity contribution in [1.29, 1.82) is 0 Å². The van der Waals surface area contributed by atoms with Crippen molar-refractivity contribution in [2.24, 2.45) is 0 Å². The Balaban J connectivity index is 2.10. The minimum Gasteiger partial charge on any atom is -0.489 e. The second kappa shape index (κ2) is 5.92. The molecule has 2 rings (SSSR count). The molecule has 0 aliphatic heterocycles. The van der Waals surface area contributed by atoms with E-state index >= 15 is 0 Å². The van der Waals surface area contributed by atoms with Crippen LogP contribution in [0.2, 0.25) is 5.02 Å². The number of carboxylic acids is 1. The number of aromatic carboxylic acids is 1. The summed E-state index contributed by atoms with van der Waals surface area (Å²) < 4.78 is 18.8. The molecule has 0 fully saturated rings. The number of halogens is 2. The van der Waals surface area contributed by atoms with Gasteiger partial charge in [-0.2, -0.15) is 0 Å². The van der Waals surface area contributed by atoms with E-state index in [2.05, 4.69) is 0 Å². The minimum atomic E-state index is -0.987. The topological polar surface area (TPSA) is 46.5 Å². The smallest absolute Gasteiger partial charge is 0.335 e. The van der Waals surface area contributed by atoms with Crippen LogP contribution in [0.25, 0.3) is 0 Å². The highest BCUT2D eigenvalue weighted by molar-refractivity contribution is 6.30. The number of hydrogen-bond donors (Lipinski definition) is 1. The standard InChI is InChI=1S/C15H12ClFO3/c1-9-6-11(15(18)19)3-5-14(9)20-8-10-2-4-12(16)13(17)7-10/h2-7H,8H2,1H3,(H,18,19). The number of rotatable bonds is 4. The molecule has 3 nitrogen and oxygen atoms in total. The number of benzene rings is 2. The Bertz CT molecular complexity index is 656. The molecular weight excluding hydrogens is 283 g/mol. The van der Waals surface area contributed by atoms with Gasteiger partial charge in [0.25, 0.3) is 0 Å². The molecule has 0 aromatic heterocycles. The molecule has 0 spiro atoms. The maximum Gasteiger partial charge on any atom is 0.335 e. The molecule has 2 aromatic rings. The molecule has 0 atom stereocenters. The van der Waals surface area contributed by atoms with E-state index < -0.39 is 11.8 Å². The molecule has 0 amide bonds. The van der Waals surface area contributed by atoms with Gasteiger partial charge in [-0.3, -0.25) is 0 Å². The average molecular weight is 295 g/mol. The number of hydrogen-bond acceptors (Lipinski definition) is 2. The maximum atomic E-state index is 13.3. The molecule has 104 valence electrons. The van der Waals surface area contributed by atoms with Crippen LogP contribution in [0.4, 0.5) is 4.39 Å². The Morgan fingerprint density at radius 2 is 2.05 bits per heavy atom. The lowest BCUT2D eigenvalue weighted by molar-refractivity contribution is 0.0696. The highest BCUT2D eigenvalue weighted by atomic mass is 35.5. The molecule has 20 heavy (non-hydrogen) atoms. The summed E-state index contributed by atoms with van der Waals surface area (Å²) in [6.45, 7) is 1.94. The monoisotopic (exact) mass is 294 g/mol. The fourth-order valence-corrected chi connectivity index (χ4v) is 1.85. The van der Waals surface area contributed by atoms with Gasteiger partial charge in [0.05, 0.1) is 10.6 Å². The van der Waals surface area contributed by atoms with E-state index in [1.54, 1.807) is 19.1 Å². The lowest BCUT2D eigenvalue weighted by Gasteiger charge is -2.10. The van der Waals surface area contributed by atoms with Gasteiger partial charge in [0.2, 0.25) is 0 Å². The highest BCUT2D eigenvalue weighted by Crippen LogP contribution is 2.21. The van der Waals surface area contributed by atoms with E-state index in [-0.39, 0.29) is 17.2 Å². The van der Waals surface area contributed by atoms with E-state index in [4.69, 9.17) is 21.4 Å². The Morgan fingerprint density at radius 1 is 1.30 bits per heavy atom. The van der Waals surface area contributed by atoms with Crippen molar-refractivity contribution in [2.75, 3.05) is 0 Å². The molecule has 0 unspecified atom stereocenters. The molecule has 0 heterocycles. The molecule has 0 saturated heterocycles. The zero-order valence-electron chi connectivity index (χ0n) is 10.7. The SMILES string of the molecule is Cc1cc(C(=O)O)ccc1OCc1ccc(Cl)c(F)c1. The van der Waals surface area contributed by atoms with E-state index in [1.807, 2.05) is 0 Å². The first kappa shape index (κ1) is 14.3. The van der Waals surface area contributed by atoms with Crippen molar-refractivity contribution in [3.8, 4) is 5.75 Å².